The van der Waals surface area contributed by atoms with Gasteiger partial charge in [-0.05, 0) is 45.1 Å². The topological polar surface area (TPSA) is 50.7 Å². The van der Waals surface area contributed by atoms with E-state index in [1.165, 1.54) is 19.3 Å². The van der Waals surface area contributed by atoms with Gasteiger partial charge in [-0.3, -0.25) is 0 Å². The Morgan fingerprint density at radius 2 is 2.42 bits per heavy atom. The van der Waals surface area contributed by atoms with Gasteiger partial charge in [0.05, 0.1) is 25.4 Å². The fourth-order valence-electron chi connectivity index (χ4n) is 2.65. The molecule has 110 valence electrons. The maximum atomic E-state index is 9.77. The van der Waals surface area contributed by atoms with Gasteiger partial charge in [0.1, 0.15) is 0 Å². The molecule has 0 aromatic heterocycles. The van der Waals surface area contributed by atoms with Gasteiger partial charge in [0.15, 0.2) is 0 Å². The van der Waals surface area contributed by atoms with Crippen molar-refractivity contribution >= 4 is 0 Å². The second kappa shape index (κ2) is 8.69. The average molecular weight is 269 g/mol. The summed E-state index contributed by atoms with van der Waals surface area (Å²) in [6.07, 6.45) is 9.33. The summed E-state index contributed by atoms with van der Waals surface area (Å²) in [7, 11) is 0. The van der Waals surface area contributed by atoms with Gasteiger partial charge in [0.25, 0.3) is 0 Å². The van der Waals surface area contributed by atoms with E-state index in [9.17, 15) is 5.11 Å². The van der Waals surface area contributed by atoms with E-state index < -0.39 is 6.10 Å². The fraction of sp³-hybridized carbons (Fsp3) is 0.867. The van der Waals surface area contributed by atoms with Crippen molar-refractivity contribution < 1.29 is 14.6 Å². The molecule has 0 spiro atoms. The van der Waals surface area contributed by atoms with Gasteiger partial charge in [-0.15, -0.1) is 0 Å². The highest BCUT2D eigenvalue weighted by Gasteiger charge is 2.16. The lowest BCUT2D eigenvalue weighted by atomic mass is 10.2. The van der Waals surface area contributed by atoms with Gasteiger partial charge in [0.2, 0.25) is 0 Å². The van der Waals surface area contributed by atoms with E-state index in [1.807, 2.05) is 0 Å². The smallest absolute Gasteiger partial charge is 0.0897 e. The Morgan fingerprint density at radius 3 is 3.16 bits per heavy atom. The quantitative estimate of drug-likeness (QED) is 0.493. The fourth-order valence-corrected chi connectivity index (χ4v) is 2.65. The predicted octanol–water partition coefficient (Wildman–Crippen LogP) is 1.63. The summed E-state index contributed by atoms with van der Waals surface area (Å²) in [6, 6.07) is 0. The van der Waals surface area contributed by atoms with Crippen LogP contribution in [0.2, 0.25) is 0 Å². The summed E-state index contributed by atoms with van der Waals surface area (Å²) < 4.78 is 10.9. The van der Waals surface area contributed by atoms with E-state index in [-0.39, 0.29) is 6.10 Å². The van der Waals surface area contributed by atoms with Crippen LogP contribution in [0.25, 0.3) is 0 Å². The highest BCUT2D eigenvalue weighted by molar-refractivity contribution is 5.07. The number of allylic oxidation sites excluding steroid dienone is 1. The van der Waals surface area contributed by atoms with Crippen molar-refractivity contribution in [3.8, 4) is 0 Å². The zero-order chi connectivity index (χ0) is 13.3. The molecule has 2 aliphatic rings. The molecule has 1 fully saturated rings. The van der Waals surface area contributed by atoms with E-state index >= 15 is 0 Å². The molecule has 2 unspecified atom stereocenters. The summed E-state index contributed by atoms with van der Waals surface area (Å²) in [5, 5.41) is 13.1. The van der Waals surface area contributed by atoms with Gasteiger partial charge in [-0.2, -0.15) is 0 Å². The summed E-state index contributed by atoms with van der Waals surface area (Å²) in [4.78, 5) is 0. The lowest BCUT2D eigenvalue weighted by Gasteiger charge is -2.14. The van der Waals surface area contributed by atoms with Crippen LogP contribution in [0.15, 0.2) is 11.6 Å². The Morgan fingerprint density at radius 1 is 1.47 bits per heavy atom. The molecular weight excluding hydrogens is 242 g/mol. The molecule has 1 aliphatic carbocycles. The number of nitrogens with one attached hydrogen (secondary N) is 1. The Labute approximate surface area is 116 Å². The van der Waals surface area contributed by atoms with Crippen molar-refractivity contribution in [3.63, 3.8) is 0 Å². The number of aliphatic hydroxyl groups excluding tert-OH is 1. The Kier molecular flexibility index (Phi) is 6.85. The normalized spacial score (nSPS) is 24.7. The highest BCUT2D eigenvalue weighted by atomic mass is 16.5. The monoisotopic (exact) mass is 269 g/mol. The third-order valence-electron chi connectivity index (χ3n) is 3.78. The van der Waals surface area contributed by atoms with Crippen LogP contribution in [-0.2, 0) is 9.47 Å². The summed E-state index contributed by atoms with van der Waals surface area (Å²) in [6.45, 7) is 3.43. The average Bonchev–Trinajstić information content (AvgIpc) is 3.07. The molecule has 2 atom stereocenters. The second-order valence-corrected chi connectivity index (χ2v) is 5.54. The number of aliphatic hydroxyl groups is 1. The zero-order valence-corrected chi connectivity index (χ0v) is 11.8. The molecule has 0 aromatic rings. The Bertz CT molecular complexity index is 275. The second-order valence-electron chi connectivity index (χ2n) is 5.54. The van der Waals surface area contributed by atoms with Crippen molar-refractivity contribution in [3.05, 3.63) is 11.6 Å². The maximum absolute atomic E-state index is 9.77. The van der Waals surface area contributed by atoms with Gasteiger partial charge < -0.3 is 19.9 Å². The third-order valence-corrected chi connectivity index (χ3v) is 3.78. The molecule has 0 bridgehead atoms. The van der Waals surface area contributed by atoms with Crippen LogP contribution in [0.4, 0.5) is 0 Å². The SMILES string of the molecule is OC(CNCCC1=CCCC1)COCC1CCCO1. The Balaban J connectivity index is 1.41. The standard InChI is InChI=1S/C15H27NO3/c17-14(11-18-12-15-6-3-9-19-15)10-16-8-7-13-4-1-2-5-13/h4,14-17H,1-3,5-12H2. The van der Waals surface area contributed by atoms with Gasteiger partial charge in [-0.25, -0.2) is 0 Å². The van der Waals surface area contributed by atoms with Crippen LogP contribution in [0.5, 0.6) is 0 Å². The molecule has 0 radical (unpaired) electrons. The number of hydrogen-bond acceptors (Lipinski definition) is 4. The summed E-state index contributed by atoms with van der Waals surface area (Å²) in [5.41, 5.74) is 1.57. The molecule has 1 heterocycles. The summed E-state index contributed by atoms with van der Waals surface area (Å²) >= 11 is 0. The molecule has 1 aliphatic heterocycles. The van der Waals surface area contributed by atoms with Crippen molar-refractivity contribution in [2.45, 2.75) is 50.7 Å². The minimum absolute atomic E-state index is 0.245. The Hall–Kier alpha value is -0.420. The van der Waals surface area contributed by atoms with E-state index in [1.54, 1.807) is 5.57 Å². The minimum atomic E-state index is -0.418. The first kappa shape index (κ1) is 15.0. The molecule has 0 amide bonds. The third kappa shape index (κ3) is 6.04. The van der Waals surface area contributed by atoms with Crippen molar-refractivity contribution in [1.82, 2.24) is 5.32 Å². The molecule has 4 nitrogen and oxygen atoms in total. The molecule has 1 saturated heterocycles. The lowest BCUT2D eigenvalue weighted by molar-refractivity contribution is -0.0163. The van der Waals surface area contributed by atoms with Gasteiger partial charge in [0, 0.05) is 13.2 Å². The number of hydrogen-bond donors (Lipinski definition) is 2. The summed E-state index contributed by atoms with van der Waals surface area (Å²) in [5.74, 6) is 0. The predicted molar refractivity (Wildman–Crippen MR) is 75.2 cm³/mol. The minimum Gasteiger partial charge on any atom is -0.389 e. The van der Waals surface area contributed by atoms with Crippen molar-refractivity contribution in [2.75, 3.05) is 32.9 Å². The van der Waals surface area contributed by atoms with Crippen LogP contribution in [0.3, 0.4) is 0 Å². The number of ether oxygens (including phenoxy) is 2. The van der Waals surface area contributed by atoms with E-state index in [0.29, 0.717) is 19.8 Å². The van der Waals surface area contributed by atoms with Gasteiger partial charge >= 0.3 is 0 Å². The highest BCUT2D eigenvalue weighted by Crippen LogP contribution is 2.19. The van der Waals surface area contributed by atoms with Crippen LogP contribution in [-0.4, -0.2) is 50.2 Å². The van der Waals surface area contributed by atoms with Crippen molar-refractivity contribution in [2.24, 2.45) is 0 Å². The maximum Gasteiger partial charge on any atom is 0.0897 e. The van der Waals surface area contributed by atoms with E-state index in [0.717, 1.165) is 32.4 Å². The molecule has 2 N–H and O–H groups in total. The molecule has 0 saturated carbocycles. The molecule has 4 heteroatoms. The van der Waals surface area contributed by atoms with Crippen LogP contribution >= 0.6 is 0 Å². The zero-order valence-electron chi connectivity index (χ0n) is 11.8. The van der Waals surface area contributed by atoms with Crippen LogP contribution in [0.1, 0.15) is 38.5 Å². The van der Waals surface area contributed by atoms with E-state index in [2.05, 4.69) is 11.4 Å². The number of rotatable bonds is 9. The van der Waals surface area contributed by atoms with E-state index in [4.69, 9.17) is 9.47 Å². The largest absolute Gasteiger partial charge is 0.389 e. The van der Waals surface area contributed by atoms with Crippen LogP contribution < -0.4 is 5.32 Å². The first-order chi connectivity index (χ1) is 9.34. The lowest BCUT2D eigenvalue weighted by Crippen LogP contribution is -2.32. The molecule has 0 aromatic carbocycles. The van der Waals surface area contributed by atoms with Crippen LogP contribution in [0, 0.1) is 0 Å². The van der Waals surface area contributed by atoms with Crippen molar-refractivity contribution in [1.29, 1.82) is 0 Å². The molecule has 19 heavy (non-hydrogen) atoms. The first-order valence-electron chi connectivity index (χ1n) is 7.60. The first-order valence-corrected chi connectivity index (χ1v) is 7.60. The van der Waals surface area contributed by atoms with Gasteiger partial charge in [-0.1, -0.05) is 11.6 Å². The molecule has 2 rings (SSSR count). The molecular formula is C15H27NO3.